The van der Waals surface area contributed by atoms with Gasteiger partial charge >= 0.3 is 0 Å². The zero-order valence-corrected chi connectivity index (χ0v) is 9.80. The summed E-state index contributed by atoms with van der Waals surface area (Å²) in [7, 11) is 0. The maximum Gasteiger partial charge on any atom is 0.147 e. The lowest BCUT2D eigenvalue weighted by molar-refractivity contribution is 1.33. The summed E-state index contributed by atoms with van der Waals surface area (Å²) in [5.41, 5.74) is 7.70. The summed E-state index contributed by atoms with van der Waals surface area (Å²) < 4.78 is 0. The molecule has 0 amide bonds. The molecule has 0 aliphatic rings. The first kappa shape index (κ1) is 10.6. The van der Waals surface area contributed by atoms with Crippen molar-refractivity contribution in [1.82, 2.24) is 4.98 Å². The average molecular weight is 235 g/mol. The molecule has 0 saturated carbocycles. The van der Waals surface area contributed by atoms with Crippen molar-refractivity contribution in [3.8, 4) is 0 Å². The van der Waals surface area contributed by atoms with E-state index < -0.39 is 0 Å². The highest BCUT2D eigenvalue weighted by atomic mass is 15.0. The zero-order chi connectivity index (χ0) is 12.4. The molecule has 1 aromatic heterocycles. The van der Waals surface area contributed by atoms with Crippen LogP contribution in [0, 0.1) is 0 Å². The van der Waals surface area contributed by atoms with Gasteiger partial charge in [-0.15, -0.1) is 0 Å². The fourth-order valence-electron chi connectivity index (χ4n) is 2.00. The van der Waals surface area contributed by atoms with Crippen molar-refractivity contribution in [2.24, 2.45) is 0 Å². The summed E-state index contributed by atoms with van der Waals surface area (Å²) >= 11 is 0. The molecule has 0 radical (unpaired) electrons. The first-order valence-electron chi connectivity index (χ1n) is 5.80. The number of hydrogen-bond acceptors (Lipinski definition) is 3. The number of nitrogens with one attached hydrogen (secondary N) is 1. The van der Waals surface area contributed by atoms with Crippen LogP contribution >= 0.6 is 0 Å². The van der Waals surface area contributed by atoms with Crippen LogP contribution in [0.4, 0.5) is 17.2 Å². The third-order valence-electron chi connectivity index (χ3n) is 2.90. The van der Waals surface area contributed by atoms with Gasteiger partial charge in [0.1, 0.15) is 5.82 Å². The van der Waals surface area contributed by atoms with Gasteiger partial charge < -0.3 is 11.1 Å². The normalized spacial score (nSPS) is 10.4. The molecule has 18 heavy (non-hydrogen) atoms. The SMILES string of the molecule is Nc1ncccc1Nc1cccc2ccccc12. The Morgan fingerprint density at radius 1 is 0.833 bits per heavy atom. The van der Waals surface area contributed by atoms with Gasteiger partial charge in [-0.05, 0) is 23.6 Å². The van der Waals surface area contributed by atoms with Gasteiger partial charge in [-0.25, -0.2) is 4.98 Å². The molecule has 3 N–H and O–H groups in total. The average Bonchev–Trinajstić information content (AvgIpc) is 2.42. The second kappa shape index (κ2) is 4.37. The number of fused-ring (bicyclic) bond motifs is 1. The van der Waals surface area contributed by atoms with E-state index in [9.17, 15) is 0 Å². The Balaban J connectivity index is 2.08. The lowest BCUT2D eigenvalue weighted by Crippen LogP contribution is -1.98. The zero-order valence-electron chi connectivity index (χ0n) is 9.80. The van der Waals surface area contributed by atoms with Crippen LogP contribution in [-0.4, -0.2) is 4.98 Å². The van der Waals surface area contributed by atoms with Crippen molar-refractivity contribution in [2.75, 3.05) is 11.1 Å². The summed E-state index contributed by atoms with van der Waals surface area (Å²) in [5.74, 6) is 0.505. The van der Waals surface area contributed by atoms with E-state index in [1.54, 1.807) is 6.20 Å². The minimum absolute atomic E-state index is 0.505. The minimum Gasteiger partial charge on any atom is -0.382 e. The fourth-order valence-corrected chi connectivity index (χ4v) is 2.00. The molecule has 0 unspecified atom stereocenters. The summed E-state index contributed by atoms with van der Waals surface area (Å²) in [6.07, 6.45) is 1.68. The predicted molar refractivity (Wildman–Crippen MR) is 75.9 cm³/mol. The van der Waals surface area contributed by atoms with Crippen LogP contribution in [-0.2, 0) is 0 Å². The largest absolute Gasteiger partial charge is 0.382 e. The Kier molecular flexibility index (Phi) is 2.57. The molecule has 3 aromatic rings. The van der Waals surface area contributed by atoms with Gasteiger partial charge in [0, 0.05) is 17.3 Å². The molecule has 0 aliphatic carbocycles. The van der Waals surface area contributed by atoms with E-state index in [1.165, 1.54) is 10.8 Å². The van der Waals surface area contributed by atoms with Gasteiger partial charge in [-0.2, -0.15) is 0 Å². The van der Waals surface area contributed by atoms with Crippen molar-refractivity contribution in [2.45, 2.75) is 0 Å². The van der Waals surface area contributed by atoms with Gasteiger partial charge in [0.25, 0.3) is 0 Å². The molecular formula is C15H13N3. The molecule has 0 saturated heterocycles. The van der Waals surface area contributed by atoms with Crippen LogP contribution in [0.5, 0.6) is 0 Å². The van der Waals surface area contributed by atoms with Crippen molar-refractivity contribution >= 4 is 28.0 Å². The molecular weight excluding hydrogens is 222 g/mol. The number of nitrogen functional groups attached to an aromatic ring is 1. The molecule has 0 fully saturated rings. The number of nitrogens with zero attached hydrogens (tertiary/aromatic N) is 1. The first-order valence-corrected chi connectivity index (χ1v) is 5.80. The Hall–Kier alpha value is -2.55. The van der Waals surface area contributed by atoms with Gasteiger partial charge in [0.2, 0.25) is 0 Å². The standard InChI is InChI=1S/C15H13N3/c16-15-14(9-4-10-17-15)18-13-8-3-6-11-5-1-2-7-12(11)13/h1-10,18H,(H2,16,17). The van der Waals surface area contributed by atoms with Gasteiger partial charge in [-0.1, -0.05) is 36.4 Å². The summed E-state index contributed by atoms with van der Waals surface area (Å²) in [6.45, 7) is 0. The number of nitrogens with two attached hydrogens (primary N) is 1. The van der Waals surface area contributed by atoms with Crippen molar-refractivity contribution in [3.63, 3.8) is 0 Å². The van der Waals surface area contributed by atoms with Gasteiger partial charge in [0.05, 0.1) is 5.69 Å². The molecule has 3 rings (SSSR count). The molecule has 0 aliphatic heterocycles. The smallest absolute Gasteiger partial charge is 0.147 e. The van der Waals surface area contributed by atoms with Crippen molar-refractivity contribution < 1.29 is 0 Å². The van der Waals surface area contributed by atoms with E-state index in [4.69, 9.17) is 5.73 Å². The van der Waals surface area contributed by atoms with E-state index in [2.05, 4.69) is 28.5 Å². The Labute approximate surface area is 105 Å². The molecule has 0 atom stereocenters. The third kappa shape index (κ3) is 1.86. The maximum atomic E-state index is 5.84. The number of anilines is 3. The fraction of sp³-hybridized carbons (Fsp3) is 0. The molecule has 0 spiro atoms. The maximum absolute atomic E-state index is 5.84. The van der Waals surface area contributed by atoms with E-state index in [0.717, 1.165) is 11.4 Å². The Morgan fingerprint density at radius 3 is 2.50 bits per heavy atom. The lowest BCUT2D eigenvalue weighted by Gasteiger charge is -2.10. The minimum atomic E-state index is 0.505. The summed E-state index contributed by atoms with van der Waals surface area (Å²) in [5, 5.41) is 5.70. The molecule has 1 heterocycles. The molecule has 88 valence electrons. The first-order chi connectivity index (χ1) is 8.84. The molecule has 3 heteroatoms. The number of rotatable bonds is 2. The highest BCUT2D eigenvalue weighted by Crippen LogP contribution is 2.27. The van der Waals surface area contributed by atoms with Crippen LogP contribution in [0.2, 0.25) is 0 Å². The second-order valence-corrected chi connectivity index (χ2v) is 4.09. The Morgan fingerprint density at radius 2 is 1.61 bits per heavy atom. The van der Waals surface area contributed by atoms with Gasteiger partial charge in [0.15, 0.2) is 0 Å². The van der Waals surface area contributed by atoms with Crippen LogP contribution in [0.1, 0.15) is 0 Å². The Bertz CT molecular complexity index is 687. The topological polar surface area (TPSA) is 50.9 Å². The number of hydrogen-bond donors (Lipinski definition) is 2. The molecule has 3 nitrogen and oxygen atoms in total. The van der Waals surface area contributed by atoms with E-state index >= 15 is 0 Å². The number of benzene rings is 2. The second-order valence-electron chi connectivity index (χ2n) is 4.09. The lowest BCUT2D eigenvalue weighted by atomic mass is 10.1. The summed E-state index contributed by atoms with van der Waals surface area (Å²) in [6, 6.07) is 18.2. The predicted octanol–water partition coefficient (Wildman–Crippen LogP) is 3.56. The van der Waals surface area contributed by atoms with Crippen LogP contribution < -0.4 is 11.1 Å². The third-order valence-corrected chi connectivity index (χ3v) is 2.90. The van der Waals surface area contributed by atoms with Crippen LogP contribution in [0.25, 0.3) is 10.8 Å². The molecule has 2 aromatic carbocycles. The van der Waals surface area contributed by atoms with E-state index in [-0.39, 0.29) is 0 Å². The van der Waals surface area contributed by atoms with Crippen LogP contribution in [0.15, 0.2) is 60.8 Å². The highest BCUT2D eigenvalue weighted by molar-refractivity contribution is 5.95. The van der Waals surface area contributed by atoms with Gasteiger partial charge in [-0.3, -0.25) is 0 Å². The van der Waals surface area contributed by atoms with Crippen molar-refractivity contribution in [3.05, 3.63) is 60.8 Å². The highest BCUT2D eigenvalue weighted by Gasteiger charge is 2.03. The quantitative estimate of drug-likeness (QED) is 0.714. The monoisotopic (exact) mass is 235 g/mol. The van der Waals surface area contributed by atoms with E-state index in [1.807, 2.05) is 36.4 Å². The molecule has 0 bridgehead atoms. The number of pyridine rings is 1. The summed E-state index contributed by atoms with van der Waals surface area (Å²) in [4.78, 5) is 4.07. The van der Waals surface area contributed by atoms with E-state index in [0.29, 0.717) is 5.82 Å². The van der Waals surface area contributed by atoms with Crippen LogP contribution in [0.3, 0.4) is 0 Å². The number of aromatic nitrogens is 1. The van der Waals surface area contributed by atoms with Crippen molar-refractivity contribution in [1.29, 1.82) is 0 Å².